The number of ether oxygens (including phenoxy) is 1. The van der Waals surface area contributed by atoms with E-state index in [2.05, 4.69) is 6.07 Å². The van der Waals surface area contributed by atoms with Crippen molar-refractivity contribution in [3.63, 3.8) is 0 Å². The van der Waals surface area contributed by atoms with Crippen molar-refractivity contribution in [3.05, 3.63) is 58.6 Å². The molecule has 8 heteroatoms. The van der Waals surface area contributed by atoms with Gasteiger partial charge in [-0.05, 0) is 42.7 Å². The van der Waals surface area contributed by atoms with Crippen LogP contribution in [0.25, 0.3) is 0 Å². The van der Waals surface area contributed by atoms with Crippen LogP contribution in [-0.2, 0) is 27.8 Å². The van der Waals surface area contributed by atoms with Gasteiger partial charge in [-0.2, -0.15) is 4.31 Å². The first kappa shape index (κ1) is 20.6. The van der Waals surface area contributed by atoms with Crippen molar-refractivity contribution in [3.8, 4) is 5.75 Å². The van der Waals surface area contributed by atoms with Gasteiger partial charge < -0.3 is 9.64 Å². The molecule has 3 rings (SSSR count). The quantitative estimate of drug-likeness (QED) is 0.717. The van der Waals surface area contributed by atoms with Crippen molar-refractivity contribution in [1.82, 2.24) is 9.21 Å². The van der Waals surface area contributed by atoms with Gasteiger partial charge >= 0.3 is 0 Å². The van der Waals surface area contributed by atoms with Gasteiger partial charge in [-0.1, -0.05) is 35.9 Å². The lowest BCUT2D eigenvalue weighted by atomic mass is 10.00. The molecule has 1 amide bonds. The predicted octanol–water partition coefficient (Wildman–Crippen LogP) is 2.94. The number of halogens is 1. The lowest BCUT2D eigenvalue weighted by Crippen LogP contribution is -2.43. The summed E-state index contributed by atoms with van der Waals surface area (Å²) in [6, 6.07) is 12.4. The molecule has 6 nitrogen and oxygen atoms in total. The standard InChI is InChI=1S/C20H23ClN2O4S/c1-3-27-18-9-8-17(21)12-19(18)28(25,26)22(2)14-20(24)23-11-10-15-6-4-5-7-16(15)13-23/h4-9,12H,3,10-11,13-14H2,1-2H3. The fraction of sp³-hybridized carbons (Fsp3) is 0.350. The van der Waals surface area contributed by atoms with E-state index in [0.717, 1.165) is 16.3 Å². The average Bonchev–Trinajstić information content (AvgIpc) is 2.68. The Kier molecular flexibility index (Phi) is 6.27. The van der Waals surface area contributed by atoms with E-state index in [1.54, 1.807) is 17.9 Å². The molecule has 0 spiro atoms. The van der Waals surface area contributed by atoms with E-state index in [9.17, 15) is 13.2 Å². The highest BCUT2D eigenvalue weighted by molar-refractivity contribution is 7.89. The number of benzene rings is 2. The first-order chi connectivity index (χ1) is 13.3. The van der Waals surface area contributed by atoms with Crippen LogP contribution in [0.1, 0.15) is 18.1 Å². The van der Waals surface area contributed by atoms with Gasteiger partial charge in [0.15, 0.2) is 0 Å². The number of hydrogen-bond donors (Lipinski definition) is 0. The Morgan fingerprint density at radius 3 is 2.64 bits per heavy atom. The SMILES string of the molecule is CCOc1ccc(Cl)cc1S(=O)(=O)N(C)CC(=O)N1CCc2ccccc2C1. The first-order valence-electron chi connectivity index (χ1n) is 9.06. The number of rotatable bonds is 6. The van der Waals surface area contributed by atoms with E-state index in [1.807, 2.05) is 18.2 Å². The topological polar surface area (TPSA) is 66.9 Å². The van der Waals surface area contributed by atoms with Crippen LogP contribution in [-0.4, -0.2) is 50.3 Å². The van der Waals surface area contributed by atoms with Crippen molar-refractivity contribution < 1.29 is 17.9 Å². The summed E-state index contributed by atoms with van der Waals surface area (Å²) in [7, 11) is -2.54. The van der Waals surface area contributed by atoms with Crippen molar-refractivity contribution in [2.75, 3.05) is 26.7 Å². The zero-order valence-electron chi connectivity index (χ0n) is 15.9. The summed E-state index contributed by atoms with van der Waals surface area (Å²) in [5, 5.41) is 0.286. The predicted molar refractivity (Wildman–Crippen MR) is 108 cm³/mol. The van der Waals surface area contributed by atoms with Gasteiger partial charge in [0.1, 0.15) is 10.6 Å². The molecule has 2 aromatic rings. The molecule has 0 bridgehead atoms. The van der Waals surface area contributed by atoms with E-state index < -0.39 is 10.0 Å². The first-order valence-corrected chi connectivity index (χ1v) is 10.9. The largest absolute Gasteiger partial charge is 0.492 e. The maximum Gasteiger partial charge on any atom is 0.247 e. The Labute approximate surface area is 170 Å². The molecule has 1 aliphatic rings. The summed E-state index contributed by atoms with van der Waals surface area (Å²) in [6.45, 7) is 2.91. The van der Waals surface area contributed by atoms with E-state index in [1.165, 1.54) is 24.7 Å². The molecule has 2 aromatic carbocycles. The fourth-order valence-electron chi connectivity index (χ4n) is 3.21. The maximum atomic E-state index is 13.0. The lowest BCUT2D eigenvalue weighted by molar-refractivity contribution is -0.132. The Balaban J connectivity index is 1.76. The highest BCUT2D eigenvalue weighted by atomic mass is 35.5. The minimum Gasteiger partial charge on any atom is -0.492 e. The molecular weight excluding hydrogens is 400 g/mol. The summed E-state index contributed by atoms with van der Waals surface area (Å²) in [5.74, 6) is -0.0151. The Bertz CT molecular complexity index is 978. The minimum absolute atomic E-state index is 0.0406. The summed E-state index contributed by atoms with van der Waals surface area (Å²) < 4.78 is 32.5. The zero-order chi connectivity index (χ0) is 20.3. The van der Waals surface area contributed by atoms with Crippen LogP contribution in [0.4, 0.5) is 0 Å². The van der Waals surface area contributed by atoms with Gasteiger partial charge in [0.25, 0.3) is 0 Å². The van der Waals surface area contributed by atoms with Crippen molar-refractivity contribution in [2.24, 2.45) is 0 Å². The summed E-state index contributed by atoms with van der Waals surface area (Å²) in [6.07, 6.45) is 0.765. The number of hydrogen-bond acceptors (Lipinski definition) is 4. The van der Waals surface area contributed by atoms with Gasteiger partial charge in [-0.15, -0.1) is 0 Å². The second-order valence-electron chi connectivity index (χ2n) is 6.62. The molecule has 0 radical (unpaired) electrons. The molecule has 150 valence electrons. The molecule has 0 fully saturated rings. The van der Waals surface area contributed by atoms with Gasteiger partial charge in [0.05, 0.1) is 13.2 Å². The summed E-state index contributed by atoms with van der Waals surface area (Å²) in [4.78, 5) is 14.4. The average molecular weight is 423 g/mol. The normalized spacial score (nSPS) is 14.1. The number of carbonyl (C=O) groups is 1. The van der Waals surface area contributed by atoms with Gasteiger partial charge in [0, 0.05) is 25.2 Å². The molecule has 0 unspecified atom stereocenters. The number of amides is 1. The molecule has 1 heterocycles. The summed E-state index contributed by atoms with van der Waals surface area (Å²) >= 11 is 5.99. The second kappa shape index (κ2) is 8.51. The van der Waals surface area contributed by atoms with Crippen LogP contribution in [0.2, 0.25) is 5.02 Å². The fourth-order valence-corrected chi connectivity index (χ4v) is 4.72. The number of likely N-dealkylation sites (N-methyl/N-ethyl adjacent to an activating group) is 1. The Hall–Kier alpha value is -2.09. The number of fused-ring (bicyclic) bond motifs is 1. The molecule has 0 saturated carbocycles. The molecule has 0 N–H and O–H groups in total. The van der Waals surface area contributed by atoms with Crippen LogP contribution in [0.15, 0.2) is 47.4 Å². The van der Waals surface area contributed by atoms with Gasteiger partial charge in [0.2, 0.25) is 15.9 Å². The van der Waals surface area contributed by atoms with E-state index >= 15 is 0 Å². The van der Waals surface area contributed by atoms with Crippen LogP contribution in [0.5, 0.6) is 5.75 Å². The highest BCUT2D eigenvalue weighted by Crippen LogP contribution is 2.29. The monoisotopic (exact) mass is 422 g/mol. The number of sulfonamides is 1. The van der Waals surface area contributed by atoms with E-state index in [0.29, 0.717) is 19.7 Å². The van der Waals surface area contributed by atoms with Crippen molar-refractivity contribution in [1.29, 1.82) is 0 Å². The number of carbonyl (C=O) groups excluding carboxylic acids is 1. The third kappa shape index (κ3) is 4.32. The Morgan fingerprint density at radius 1 is 1.21 bits per heavy atom. The molecular formula is C20H23ClN2O4S. The third-order valence-electron chi connectivity index (χ3n) is 4.74. The summed E-state index contributed by atoms with van der Waals surface area (Å²) in [5.41, 5.74) is 2.33. The molecule has 0 saturated heterocycles. The third-order valence-corrected chi connectivity index (χ3v) is 6.79. The van der Waals surface area contributed by atoms with E-state index in [-0.39, 0.29) is 28.1 Å². The number of nitrogens with zero attached hydrogens (tertiary/aromatic N) is 2. The van der Waals surface area contributed by atoms with Gasteiger partial charge in [-0.3, -0.25) is 4.79 Å². The van der Waals surface area contributed by atoms with Crippen LogP contribution >= 0.6 is 11.6 Å². The van der Waals surface area contributed by atoms with Crippen LogP contribution in [0.3, 0.4) is 0 Å². The van der Waals surface area contributed by atoms with Crippen LogP contribution in [0, 0.1) is 0 Å². The smallest absolute Gasteiger partial charge is 0.247 e. The van der Waals surface area contributed by atoms with E-state index in [4.69, 9.17) is 16.3 Å². The van der Waals surface area contributed by atoms with Gasteiger partial charge in [-0.25, -0.2) is 8.42 Å². The minimum atomic E-state index is -3.93. The molecule has 0 atom stereocenters. The van der Waals surface area contributed by atoms with Crippen molar-refractivity contribution >= 4 is 27.5 Å². The lowest BCUT2D eigenvalue weighted by Gasteiger charge is -2.30. The molecule has 1 aliphatic heterocycles. The zero-order valence-corrected chi connectivity index (χ0v) is 17.5. The molecule has 28 heavy (non-hydrogen) atoms. The van der Waals surface area contributed by atoms with Crippen molar-refractivity contribution in [2.45, 2.75) is 24.8 Å². The molecule has 0 aromatic heterocycles. The molecule has 0 aliphatic carbocycles. The maximum absolute atomic E-state index is 13.0. The Morgan fingerprint density at radius 2 is 1.93 bits per heavy atom. The second-order valence-corrected chi connectivity index (χ2v) is 9.07. The highest BCUT2D eigenvalue weighted by Gasteiger charge is 2.29. The van der Waals surface area contributed by atoms with Crippen LogP contribution < -0.4 is 4.74 Å².